The van der Waals surface area contributed by atoms with Gasteiger partial charge in [-0.2, -0.15) is 0 Å². The fraction of sp³-hybridized carbons (Fsp3) is 0.111. The van der Waals surface area contributed by atoms with Crippen molar-refractivity contribution in [1.82, 2.24) is 0 Å². The van der Waals surface area contributed by atoms with Crippen molar-refractivity contribution in [2.24, 2.45) is 0 Å². The number of hydrogen-bond donors (Lipinski definition) is 1. The van der Waals surface area contributed by atoms with Crippen molar-refractivity contribution in [3.8, 4) is 0 Å². The van der Waals surface area contributed by atoms with Crippen LogP contribution in [-0.2, 0) is 4.79 Å². The number of para-hydroxylation sites is 1. The smallest absolute Gasteiger partial charge is 0.258 e. The molecule has 112 valence electrons. The summed E-state index contributed by atoms with van der Waals surface area (Å²) in [4.78, 5) is 25.3. The van der Waals surface area contributed by atoms with Crippen LogP contribution in [0.3, 0.4) is 0 Å². The Hall–Kier alpha value is -2.88. The van der Waals surface area contributed by atoms with E-state index >= 15 is 0 Å². The predicted octanol–water partition coefficient (Wildman–Crippen LogP) is 3.48. The monoisotopic (exact) mass is 294 g/mol. The molecule has 0 aliphatic heterocycles. The second kappa shape index (κ2) is 7.22. The first kappa shape index (κ1) is 15.5. The van der Waals surface area contributed by atoms with E-state index in [2.05, 4.69) is 11.9 Å². The first-order valence-electron chi connectivity index (χ1n) is 6.97. The molecule has 0 fully saturated rings. The van der Waals surface area contributed by atoms with Crippen LogP contribution in [0, 0.1) is 0 Å². The lowest BCUT2D eigenvalue weighted by molar-refractivity contribution is -0.114. The molecule has 2 rings (SSSR count). The Labute approximate surface area is 130 Å². The van der Waals surface area contributed by atoms with Gasteiger partial charge in [-0.25, -0.2) is 0 Å². The lowest BCUT2D eigenvalue weighted by Gasteiger charge is -2.21. The van der Waals surface area contributed by atoms with E-state index in [-0.39, 0.29) is 11.8 Å². The van der Waals surface area contributed by atoms with Crippen LogP contribution in [-0.4, -0.2) is 18.4 Å². The molecule has 4 nitrogen and oxygen atoms in total. The summed E-state index contributed by atoms with van der Waals surface area (Å²) in [6.45, 7) is 5.58. The summed E-state index contributed by atoms with van der Waals surface area (Å²) < 4.78 is 0. The van der Waals surface area contributed by atoms with Crippen molar-refractivity contribution in [2.75, 3.05) is 16.8 Å². The van der Waals surface area contributed by atoms with Gasteiger partial charge in [0.25, 0.3) is 5.91 Å². The lowest BCUT2D eigenvalue weighted by Crippen LogP contribution is -2.30. The molecule has 2 amide bonds. The SMILES string of the molecule is C=CCN(C(=O)c1ccc(NC(C)=O)cc1)c1ccccc1. The Bertz CT molecular complexity index is 663. The Balaban J connectivity index is 2.23. The van der Waals surface area contributed by atoms with Crippen LogP contribution in [0.5, 0.6) is 0 Å². The maximum absolute atomic E-state index is 12.7. The zero-order chi connectivity index (χ0) is 15.9. The van der Waals surface area contributed by atoms with E-state index in [1.54, 1.807) is 35.2 Å². The van der Waals surface area contributed by atoms with Crippen LogP contribution >= 0.6 is 0 Å². The average molecular weight is 294 g/mol. The number of hydrogen-bond acceptors (Lipinski definition) is 2. The van der Waals surface area contributed by atoms with Gasteiger partial charge in [-0.15, -0.1) is 6.58 Å². The molecule has 0 aromatic heterocycles. The molecule has 0 atom stereocenters. The fourth-order valence-corrected chi connectivity index (χ4v) is 2.10. The third kappa shape index (κ3) is 3.82. The van der Waals surface area contributed by atoms with Crippen molar-refractivity contribution >= 4 is 23.2 Å². The Morgan fingerprint density at radius 2 is 1.73 bits per heavy atom. The van der Waals surface area contributed by atoms with E-state index in [4.69, 9.17) is 0 Å². The molecule has 0 radical (unpaired) electrons. The number of carbonyl (C=O) groups excluding carboxylic acids is 2. The molecular formula is C18H18N2O2. The number of nitrogens with zero attached hydrogens (tertiary/aromatic N) is 1. The second-order valence-electron chi connectivity index (χ2n) is 4.80. The summed E-state index contributed by atoms with van der Waals surface area (Å²) >= 11 is 0. The lowest BCUT2D eigenvalue weighted by atomic mass is 10.1. The zero-order valence-electron chi connectivity index (χ0n) is 12.5. The van der Waals surface area contributed by atoms with E-state index in [0.29, 0.717) is 17.8 Å². The van der Waals surface area contributed by atoms with Crippen molar-refractivity contribution < 1.29 is 9.59 Å². The van der Waals surface area contributed by atoms with Crippen molar-refractivity contribution in [3.63, 3.8) is 0 Å². The molecule has 4 heteroatoms. The van der Waals surface area contributed by atoms with Gasteiger partial charge in [0.05, 0.1) is 0 Å². The van der Waals surface area contributed by atoms with Crippen molar-refractivity contribution in [3.05, 3.63) is 72.8 Å². The normalized spacial score (nSPS) is 9.86. The minimum atomic E-state index is -0.142. The number of carbonyl (C=O) groups is 2. The second-order valence-corrected chi connectivity index (χ2v) is 4.80. The highest BCUT2D eigenvalue weighted by atomic mass is 16.2. The van der Waals surface area contributed by atoms with E-state index in [1.807, 2.05) is 30.3 Å². The van der Waals surface area contributed by atoms with Crippen molar-refractivity contribution in [1.29, 1.82) is 0 Å². The highest BCUT2D eigenvalue weighted by Crippen LogP contribution is 2.18. The number of benzene rings is 2. The first-order valence-corrected chi connectivity index (χ1v) is 6.97. The largest absolute Gasteiger partial charge is 0.326 e. The fourth-order valence-electron chi connectivity index (χ4n) is 2.10. The van der Waals surface area contributed by atoms with Gasteiger partial charge in [0.2, 0.25) is 5.91 Å². The Kier molecular flexibility index (Phi) is 5.09. The maximum Gasteiger partial charge on any atom is 0.258 e. The number of anilines is 2. The molecule has 0 aliphatic rings. The van der Waals surface area contributed by atoms with Crippen LogP contribution in [0.25, 0.3) is 0 Å². The van der Waals surface area contributed by atoms with E-state index in [0.717, 1.165) is 5.69 Å². The topological polar surface area (TPSA) is 49.4 Å². The summed E-state index contributed by atoms with van der Waals surface area (Å²) in [5.74, 6) is -0.253. The maximum atomic E-state index is 12.7. The van der Waals surface area contributed by atoms with Crippen LogP contribution in [0.2, 0.25) is 0 Å². The number of amides is 2. The quantitative estimate of drug-likeness (QED) is 0.858. The minimum absolute atomic E-state index is 0.111. The molecule has 0 bridgehead atoms. The molecule has 0 saturated carbocycles. The molecule has 1 N–H and O–H groups in total. The summed E-state index contributed by atoms with van der Waals surface area (Å²) in [7, 11) is 0. The predicted molar refractivity (Wildman–Crippen MR) is 89.1 cm³/mol. The molecule has 0 saturated heterocycles. The molecule has 2 aromatic carbocycles. The molecular weight excluding hydrogens is 276 g/mol. The third-order valence-electron chi connectivity index (χ3n) is 3.08. The number of nitrogens with one attached hydrogen (secondary N) is 1. The summed E-state index contributed by atoms with van der Waals surface area (Å²) in [5.41, 5.74) is 2.04. The van der Waals surface area contributed by atoms with Gasteiger partial charge < -0.3 is 10.2 Å². The Morgan fingerprint density at radius 3 is 2.27 bits per heavy atom. The Morgan fingerprint density at radius 1 is 1.09 bits per heavy atom. The van der Waals surface area contributed by atoms with Crippen LogP contribution < -0.4 is 10.2 Å². The van der Waals surface area contributed by atoms with Gasteiger partial charge in [0.15, 0.2) is 0 Å². The van der Waals surface area contributed by atoms with Crippen LogP contribution in [0.1, 0.15) is 17.3 Å². The molecule has 0 spiro atoms. The van der Waals surface area contributed by atoms with Gasteiger partial charge in [0.1, 0.15) is 0 Å². The standard InChI is InChI=1S/C18H18N2O2/c1-3-13-20(17-7-5-4-6-8-17)18(22)15-9-11-16(12-10-15)19-14(2)21/h3-12H,1,13H2,2H3,(H,19,21). The highest BCUT2D eigenvalue weighted by molar-refractivity contribution is 6.06. The first-order chi connectivity index (χ1) is 10.6. The van der Waals surface area contributed by atoms with Gasteiger partial charge in [-0.1, -0.05) is 24.3 Å². The summed E-state index contributed by atoms with van der Waals surface area (Å²) in [6.07, 6.45) is 1.69. The zero-order valence-corrected chi connectivity index (χ0v) is 12.5. The van der Waals surface area contributed by atoms with E-state index < -0.39 is 0 Å². The van der Waals surface area contributed by atoms with Gasteiger partial charge in [-0.3, -0.25) is 9.59 Å². The van der Waals surface area contributed by atoms with Crippen molar-refractivity contribution in [2.45, 2.75) is 6.92 Å². The van der Waals surface area contributed by atoms with Gasteiger partial charge in [-0.05, 0) is 36.4 Å². The van der Waals surface area contributed by atoms with Crippen LogP contribution in [0.15, 0.2) is 67.3 Å². The summed E-state index contributed by atoms with van der Waals surface area (Å²) in [6, 6.07) is 16.3. The van der Waals surface area contributed by atoms with Gasteiger partial charge >= 0.3 is 0 Å². The van der Waals surface area contributed by atoms with E-state index in [9.17, 15) is 9.59 Å². The molecule has 0 heterocycles. The third-order valence-corrected chi connectivity index (χ3v) is 3.08. The van der Waals surface area contributed by atoms with Crippen LogP contribution in [0.4, 0.5) is 11.4 Å². The highest BCUT2D eigenvalue weighted by Gasteiger charge is 2.16. The minimum Gasteiger partial charge on any atom is -0.326 e. The van der Waals surface area contributed by atoms with Gasteiger partial charge in [0, 0.05) is 30.4 Å². The van der Waals surface area contributed by atoms with E-state index in [1.165, 1.54) is 6.92 Å². The number of rotatable bonds is 5. The summed E-state index contributed by atoms with van der Waals surface area (Å²) in [5, 5.41) is 2.68. The molecule has 0 unspecified atom stereocenters. The average Bonchev–Trinajstić information content (AvgIpc) is 2.53. The molecule has 2 aromatic rings. The molecule has 22 heavy (non-hydrogen) atoms. The molecule has 0 aliphatic carbocycles.